The number of benzene rings is 1. The number of quaternary nitrogens is 2. The molecule has 0 heterocycles. The first-order chi connectivity index (χ1) is 17.0. The van der Waals surface area contributed by atoms with E-state index in [1.54, 1.807) is 0 Å². The van der Waals surface area contributed by atoms with Crippen LogP contribution in [0.3, 0.4) is 0 Å². The lowest BCUT2D eigenvalue weighted by atomic mass is 10.1. The quantitative estimate of drug-likeness (QED) is 0.148. The fourth-order valence-corrected chi connectivity index (χ4v) is 5.36. The van der Waals surface area contributed by atoms with E-state index in [1.165, 1.54) is 144 Å². The van der Waals surface area contributed by atoms with Crippen molar-refractivity contribution in [1.29, 1.82) is 0 Å². The summed E-state index contributed by atoms with van der Waals surface area (Å²) in [5.41, 5.74) is 1.46. The van der Waals surface area contributed by atoms with Crippen LogP contribution < -0.4 is 29.4 Å². The molecular formula is C33H66BrClN2. The van der Waals surface area contributed by atoms with Gasteiger partial charge in [-0.25, -0.2) is 0 Å². The Hall–Kier alpha value is -0.0900. The summed E-state index contributed by atoms with van der Waals surface area (Å²) in [6.45, 7) is 26.8. The third-order valence-corrected chi connectivity index (χ3v) is 8.32. The lowest BCUT2D eigenvalue weighted by Crippen LogP contribution is -3.00. The van der Waals surface area contributed by atoms with Gasteiger partial charge in [0, 0.05) is 5.56 Å². The zero-order chi connectivity index (χ0) is 26.3. The summed E-state index contributed by atoms with van der Waals surface area (Å²) in [4.78, 5) is 0. The molecule has 1 aromatic rings. The molecule has 0 aliphatic rings. The lowest BCUT2D eigenvalue weighted by Gasteiger charge is -2.39. The summed E-state index contributed by atoms with van der Waals surface area (Å²) >= 11 is 0. The van der Waals surface area contributed by atoms with Gasteiger partial charge >= 0.3 is 0 Å². The van der Waals surface area contributed by atoms with E-state index in [1.807, 2.05) is 0 Å². The molecule has 1 aromatic carbocycles. The summed E-state index contributed by atoms with van der Waals surface area (Å²) in [6.07, 6.45) is 17.0. The maximum absolute atomic E-state index is 2.35. The van der Waals surface area contributed by atoms with E-state index in [9.17, 15) is 0 Å². The number of unbranched alkanes of at least 4 members (excludes halogenated alkanes) is 8. The highest BCUT2D eigenvalue weighted by Gasteiger charge is 2.25. The first kappa shape index (κ1) is 41.4. The van der Waals surface area contributed by atoms with E-state index in [-0.39, 0.29) is 29.4 Å². The molecule has 37 heavy (non-hydrogen) atoms. The molecule has 0 saturated heterocycles. The summed E-state index contributed by atoms with van der Waals surface area (Å²) in [6, 6.07) is 10.8. The van der Waals surface area contributed by atoms with Crippen LogP contribution in [0.4, 0.5) is 0 Å². The molecule has 4 heteroatoms. The van der Waals surface area contributed by atoms with E-state index < -0.39 is 0 Å². The molecule has 1 rings (SSSR count). The van der Waals surface area contributed by atoms with Gasteiger partial charge in [-0.2, -0.15) is 0 Å². The van der Waals surface area contributed by atoms with Crippen molar-refractivity contribution in [2.75, 3.05) is 45.8 Å². The van der Waals surface area contributed by atoms with Gasteiger partial charge in [0.05, 0.1) is 45.8 Å². The minimum atomic E-state index is 0. The SMILES string of the molecule is CCCCCCCC[N+](CCCC)(CCCC)CCCC.CC[N+](CC)(CC)Cc1ccccc1.[Br-].[Cl-]. The van der Waals surface area contributed by atoms with Crippen molar-refractivity contribution < 1.29 is 38.4 Å². The third-order valence-electron chi connectivity index (χ3n) is 8.32. The van der Waals surface area contributed by atoms with Crippen LogP contribution in [0.5, 0.6) is 0 Å². The highest BCUT2D eigenvalue weighted by molar-refractivity contribution is 5.13. The minimum Gasteiger partial charge on any atom is -1.00 e. The van der Waals surface area contributed by atoms with Gasteiger partial charge < -0.3 is 38.4 Å². The molecule has 0 amide bonds. The molecule has 0 aliphatic carbocycles. The average Bonchev–Trinajstić information content (AvgIpc) is 2.91. The van der Waals surface area contributed by atoms with Crippen LogP contribution in [0, 0.1) is 0 Å². The van der Waals surface area contributed by atoms with Crippen LogP contribution in [0.2, 0.25) is 0 Å². The molecule has 0 radical (unpaired) electrons. The normalized spacial score (nSPS) is 11.2. The topological polar surface area (TPSA) is 0 Å². The smallest absolute Gasteiger partial charge is 0.104 e. The number of hydrogen-bond donors (Lipinski definition) is 0. The first-order valence-corrected chi connectivity index (χ1v) is 15.7. The Bertz CT molecular complexity index is 533. The van der Waals surface area contributed by atoms with Crippen LogP contribution in [-0.4, -0.2) is 54.8 Å². The van der Waals surface area contributed by atoms with E-state index >= 15 is 0 Å². The van der Waals surface area contributed by atoms with Gasteiger partial charge in [0.1, 0.15) is 6.54 Å². The number of halogens is 2. The predicted octanol–water partition coefficient (Wildman–Crippen LogP) is 3.64. The highest BCUT2D eigenvalue weighted by Crippen LogP contribution is 2.18. The van der Waals surface area contributed by atoms with Gasteiger partial charge in [-0.15, -0.1) is 0 Å². The van der Waals surface area contributed by atoms with Crippen LogP contribution >= 0.6 is 0 Å². The maximum atomic E-state index is 2.35. The second-order valence-electron chi connectivity index (χ2n) is 11.0. The lowest BCUT2D eigenvalue weighted by molar-refractivity contribution is -0.936. The number of hydrogen-bond acceptors (Lipinski definition) is 0. The van der Waals surface area contributed by atoms with E-state index in [4.69, 9.17) is 0 Å². The van der Waals surface area contributed by atoms with Crippen LogP contribution in [0.15, 0.2) is 30.3 Å². The Morgan fingerprint density at radius 2 is 0.838 bits per heavy atom. The zero-order valence-corrected chi connectivity index (χ0v) is 28.5. The molecule has 0 unspecified atom stereocenters. The second-order valence-corrected chi connectivity index (χ2v) is 11.0. The van der Waals surface area contributed by atoms with Crippen molar-refractivity contribution in [3.05, 3.63) is 35.9 Å². The average molecular weight is 606 g/mol. The van der Waals surface area contributed by atoms with Gasteiger partial charge in [-0.05, 0) is 52.9 Å². The Balaban J connectivity index is -0.000000632. The summed E-state index contributed by atoms with van der Waals surface area (Å²) < 4.78 is 2.63. The number of rotatable bonds is 21. The van der Waals surface area contributed by atoms with Crippen molar-refractivity contribution >= 4 is 0 Å². The van der Waals surface area contributed by atoms with Crippen molar-refractivity contribution in [2.24, 2.45) is 0 Å². The molecule has 0 atom stereocenters. The zero-order valence-electron chi connectivity index (χ0n) is 26.2. The van der Waals surface area contributed by atoms with Gasteiger partial charge in [0.2, 0.25) is 0 Å². The van der Waals surface area contributed by atoms with Gasteiger partial charge in [-0.1, -0.05) is 103 Å². The van der Waals surface area contributed by atoms with E-state index in [2.05, 4.69) is 78.8 Å². The van der Waals surface area contributed by atoms with Crippen molar-refractivity contribution in [3.8, 4) is 0 Å². The first-order valence-electron chi connectivity index (χ1n) is 15.7. The fraction of sp³-hybridized carbons (Fsp3) is 0.818. The molecule has 0 saturated carbocycles. The third kappa shape index (κ3) is 19.6. The predicted molar refractivity (Wildman–Crippen MR) is 160 cm³/mol. The van der Waals surface area contributed by atoms with Crippen molar-refractivity contribution in [1.82, 2.24) is 0 Å². The summed E-state index contributed by atoms with van der Waals surface area (Å²) in [7, 11) is 0. The largest absolute Gasteiger partial charge is 1.00 e. The van der Waals surface area contributed by atoms with E-state index in [0.717, 1.165) is 0 Å². The van der Waals surface area contributed by atoms with Gasteiger partial charge in [0.25, 0.3) is 0 Å². The monoisotopic (exact) mass is 604 g/mol. The maximum Gasteiger partial charge on any atom is 0.104 e. The summed E-state index contributed by atoms with van der Waals surface area (Å²) in [5, 5.41) is 0. The Labute approximate surface area is 251 Å². The Morgan fingerprint density at radius 1 is 0.459 bits per heavy atom. The molecule has 2 nitrogen and oxygen atoms in total. The van der Waals surface area contributed by atoms with Gasteiger partial charge in [-0.3, -0.25) is 0 Å². The molecule has 0 aromatic heterocycles. The van der Waals surface area contributed by atoms with E-state index in [0.29, 0.717) is 0 Å². The Kier molecular flexibility index (Phi) is 30.7. The highest BCUT2D eigenvalue weighted by atomic mass is 79.9. The molecule has 222 valence electrons. The van der Waals surface area contributed by atoms with Crippen LogP contribution in [0.1, 0.15) is 131 Å². The molecular weight excluding hydrogens is 540 g/mol. The van der Waals surface area contributed by atoms with Crippen LogP contribution in [-0.2, 0) is 6.54 Å². The molecule has 0 spiro atoms. The molecule has 0 bridgehead atoms. The summed E-state index contributed by atoms with van der Waals surface area (Å²) in [5.74, 6) is 0. The molecule has 0 N–H and O–H groups in total. The van der Waals surface area contributed by atoms with Gasteiger partial charge in [0.15, 0.2) is 0 Å². The molecule has 0 aliphatic heterocycles. The van der Waals surface area contributed by atoms with Crippen molar-refractivity contribution in [2.45, 2.75) is 132 Å². The van der Waals surface area contributed by atoms with Crippen molar-refractivity contribution in [3.63, 3.8) is 0 Å². The Morgan fingerprint density at radius 3 is 1.24 bits per heavy atom. The number of nitrogens with zero attached hydrogens (tertiary/aromatic N) is 2. The minimum absolute atomic E-state index is 0. The fourth-order valence-electron chi connectivity index (χ4n) is 5.36. The molecule has 0 fully saturated rings. The second kappa shape index (κ2) is 27.5. The van der Waals surface area contributed by atoms with Crippen LogP contribution in [0.25, 0.3) is 0 Å². The standard InChI is InChI=1S/C20H44N.C13H22N.BrH.ClH/c1-5-9-13-14-15-16-20-21(17-10-6-2,18-11-7-3)19-12-8-4;1-4-14(5-2,6-3)12-13-10-8-7-9-11-13;;/h5-20H2,1-4H3;7-11H,4-6,12H2,1-3H3;2*1H/q2*+1;;/p-2.